The number of hydrogen-bond donors (Lipinski definition) is 0. The maximum absolute atomic E-state index is 13.2. The van der Waals surface area contributed by atoms with Crippen molar-refractivity contribution in [2.75, 3.05) is 56.7 Å². The number of hydrogen-bond acceptors (Lipinski definition) is 9. The largest absolute Gasteiger partial charge is 0.463 e. The number of carbonyl (C=O) groups is 2. The molecule has 48 heavy (non-hydrogen) atoms. The number of anilines is 2. The van der Waals surface area contributed by atoms with Crippen molar-refractivity contribution in [1.82, 2.24) is 19.8 Å². The van der Waals surface area contributed by atoms with Crippen LogP contribution in [-0.4, -0.2) is 84.7 Å². The summed E-state index contributed by atoms with van der Waals surface area (Å²) in [6.45, 7) is 5.12. The summed E-state index contributed by atoms with van der Waals surface area (Å²) < 4.78 is 11.7. The van der Waals surface area contributed by atoms with E-state index in [1.54, 1.807) is 19.0 Å². The van der Waals surface area contributed by atoms with E-state index in [1.165, 1.54) is 21.2 Å². The highest BCUT2D eigenvalue weighted by atomic mass is 16.6. The van der Waals surface area contributed by atoms with Crippen LogP contribution in [0.1, 0.15) is 35.2 Å². The summed E-state index contributed by atoms with van der Waals surface area (Å²) in [6, 6.07) is 24.4. The summed E-state index contributed by atoms with van der Waals surface area (Å²) in [4.78, 5) is 42.9. The molecule has 2 aliphatic heterocycles. The van der Waals surface area contributed by atoms with Crippen molar-refractivity contribution in [3.8, 4) is 12.1 Å². The van der Waals surface area contributed by atoms with Gasteiger partial charge in [0.15, 0.2) is 0 Å². The highest BCUT2D eigenvalue weighted by Crippen LogP contribution is 2.36. The van der Waals surface area contributed by atoms with Crippen LogP contribution in [0.4, 0.5) is 16.3 Å². The molecule has 0 saturated carbocycles. The molecule has 11 nitrogen and oxygen atoms in total. The number of carbonyl (C=O) groups excluding carboxylic acids is 2. The molecule has 0 radical (unpaired) electrons. The molecular formula is C37H41N7O4. The number of amides is 2. The molecule has 0 spiro atoms. The van der Waals surface area contributed by atoms with Gasteiger partial charge in [-0.1, -0.05) is 60.7 Å². The first-order valence-electron chi connectivity index (χ1n) is 16.4. The minimum atomic E-state index is -0.431. The van der Waals surface area contributed by atoms with Crippen molar-refractivity contribution < 1.29 is 19.1 Å². The number of aryl methyl sites for hydroxylation is 1. The van der Waals surface area contributed by atoms with Crippen LogP contribution in [0, 0.1) is 18.3 Å². The lowest BCUT2D eigenvalue weighted by molar-refractivity contribution is -0.129. The minimum absolute atomic E-state index is 0.0414. The number of piperazine rings is 1. The summed E-state index contributed by atoms with van der Waals surface area (Å²) in [7, 11) is 3.43. The topological polar surface area (TPSA) is 115 Å². The summed E-state index contributed by atoms with van der Waals surface area (Å²) in [5, 5.41) is 12.1. The summed E-state index contributed by atoms with van der Waals surface area (Å²) >= 11 is 0. The standard InChI is InChI=1S/C37H41N7O4/c1-26-9-7-12-28-13-8-14-32(34(26)28)42-19-16-30-31(24-42)39-36(47-22-17-33(45)41(2)3)40-35(30)43-20-21-44(29(23-43)15-18-38)37(46)48-25-27-10-5-4-6-11-27/h4-14,29H,15-17,19-25H2,1-3H3/t29-/m0/s1. The van der Waals surface area contributed by atoms with Crippen LogP contribution in [-0.2, 0) is 29.1 Å². The van der Waals surface area contributed by atoms with Gasteiger partial charge in [0, 0.05) is 56.9 Å². The third-order valence-corrected chi connectivity index (χ3v) is 9.05. The number of benzene rings is 3. The van der Waals surface area contributed by atoms with Gasteiger partial charge in [0.1, 0.15) is 19.0 Å². The molecule has 6 rings (SSSR count). The molecule has 1 atom stereocenters. The number of nitriles is 1. The second-order valence-corrected chi connectivity index (χ2v) is 12.5. The third-order valence-electron chi connectivity index (χ3n) is 9.05. The fraction of sp³-hybridized carbons (Fsp3) is 0.378. The zero-order chi connectivity index (χ0) is 33.6. The number of aromatic nitrogens is 2. The summed E-state index contributed by atoms with van der Waals surface area (Å²) in [5.74, 6) is 0.711. The first-order valence-corrected chi connectivity index (χ1v) is 16.4. The van der Waals surface area contributed by atoms with Crippen molar-refractivity contribution in [1.29, 1.82) is 5.26 Å². The predicted molar refractivity (Wildman–Crippen MR) is 184 cm³/mol. The first kappa shape index (κ1) is 32.6. The number of ether oxygens (including phenoxy) is 2. The highest BCUT2D eigenvalue weighted by molar-refractivity contribution is 5.97. The van der Waals surface area contributed by atoms with Crippen LogP contribution in [0.25, 0.3) is 10.8 Å². The fourth-order valence-corrected chi connectivity index (χ4v) is 6.51. The molecular weight excluding hydrogens is 606 g/mol. The SMILES string of the molecule is Cc1cccc2cccc(N3CCc4c(nc(OCCC(=O)N(C)C)nc4N4CCN(C(=O)OCc5ccccc5)[C@@H](CC#N)C4)C3)c12. The molecule has 0 N–H and O–H groups in total. The van der Waals surface area contributed by atoms with Gasteiger partial charge in [-0.25, -0.2) is 4.79 Å². The Morgan fingerprint density at radius 1 is 0.979 bits per heavy atom. The van der Waals surface area contributed by atoms with E-state index in [2.05, 4.69) is 59.2 Å². The monoisotopic (exact) mass is 647 g/mol. The minimum Gasteiger partial charge on any atom is -0.463 e. The zero-order valence-corrected chi connectivity index (χ0v) is 27.8. The van der Waals surface area contributed by atoms with Gasteiger partial charge in [0.25, 0.3) is 0 Å². The van der Waals surface area contributed by atoms with E-state index >= 15 is 0 Å². The molecule has 1 aromatic heterocycles. The van der Waals surface area contributed by atoms with Crippen molar-refractivity contribution in [2.24, 2.45) is 0 Å². The molecule has 248 valence electrons. The first-order chi connectivity index (χ1) is 23.3. The van der Waals surface area contributed by atoms with Crippen LogP contribution in [0.3, 0.4) is 0 Å². The molecule has 11 heteroatoms. The van der Waals surface area contributed by atoms with Gasteiger partial charge in [-0.05, 0) is 35.9 Å². The van der Waals surface area contributed by atoms with Gasteiger partial charge in [-0.3, -0.25) is 4.79 Å². The molecule has 2 aliphatic rings. The average Bonchev–Trinajstić information content (AvgIpc) is 3.10. The lowest BCUT2D eigenvalue weighted by Crippen LogP contribution is -2.55. The Bertz CT molecular complexity index is 1820. The third kappa shape index (κ3) is 7.13. The van der Waals surface area contributed by atoms with Gasteiger partial charge in [0.2, 0.25) is 5.91 Å². The molecule has 0 unspecified atom stereocenters. The Balaban J connectivity index is 1.27. The van der Waals surface area contributed by atoms with E-state index in [0.717, 1.165) is 34.9 Å². The van der Waals surface area contributed by atoms with Crippen molar-refractivity contribution >= 4 is 34.3 Å². The number of fused-ring (bicyclic) bond motifs is 2. The fourth-order valence-electron chi connectivity index (χ4n) is 6.51. The second kappa shape index (κ2) is 14.6. The Morgan fingerprint density at radius 3 is 2.54 bits per heavy atom. The van der Waals surface area contributed by atoms with Crippen molar-refractivity contribution in [2.45, 2.75) is 45.4 Å². The lowest BCUT2D eigenvalue weighted by Gasteiger charge is -2.42. The lowest BCUT2D eigenvalue weighted by atomic mass is 9.99. The Kier molecular flexibility index (Phi) is 9.90. The van der Waals surface area contributed by atoms with Crippen LogP contribution in [0.2, 0.25) is 0 Å². The molecule has 0 aliphatic carbocycles. The van der Waals surface area contributed by atoms with Crippen molar-refractivity contribution in [3.63, 3.8) is 0 Å². The zero-order valence-electron chi connectivity index (χ0n) is 27.8. The van der Waals surface area contributed by atoms with Crippen LogP contribution < -0.4 is 14.5 Å². The van der Waals surface area contributed by atoms with E-state index in [-0.39, 0.29) is 44.0 Å². The normalized spacial score (nSPS) is 15.9. The van der Waals surface area contributed by atoms with E-state index < -0.39 is 6.09 Å². The molecule has 2 amide bonds. The maximum atomic E-state index is 13.2. The van der Waals surface area contributed by atoms with E-state index in [0.29, 0.717) is 32.6 Å². The molecule has 1 fully saturated rings. The number of nitrogens with zero attached hydrogens (tertiary/aromatic N) is 7. The van der Waals surface area contributed by atoms with Gasteiger partial charge < -0.3 is 29.1 Å². The molecule has 4 aromatic rings. The Hall–Kier alpha value is -5.37. The van der Waals surface area contributed by atoms with Gasteiger partial charge in [0.05, 0.1) is 37.2 Å². The molecule has 1 saturated heterocycles. The summed E-state index contributed by atoms with van der Waals surface area (Å²) in [5.41, 5.74) is 5.19. The predicted octanol–water partition coefficient (Wildman–Crippen LogP) is 5.10. The molecule has 0 bridgehead atoms. The second-order valence-electron chi connectivity index (χ2n) is 12.5. The maximum Gasteiger partial charge on any atom is 0.410 e. The van der Waals surface area contributed by atoms with E-state index in [4.69, 9.17) is 19.4 Å². The quantitative estimate of drug-likeness (QED) is 0.245. The highest BCUT2D eigenvalue weighted by Gasteiger charge is 2.35. The van der Waals surface area contributed by atoms with Gasteiger partial charge >= 0.3 is 12.1 Å². The average molecular weight is 648 g/mol. The van der Waals surface area contributed by atoms with Crippen LogP contribution in [0.15, 0.2) is 66.7 Å². The summed E-state index contributed by atoms with van der Waals surface area (Å²) in [6.07, 6.45) is 0.653. The van der Waals surface area contributed by atoms with Gasteiger partial charge in [-0.2, -0.15) is 15.2 Å². The molecule has 3 heterocycles. The smallest absolute Gasteiger partial charge is 0.410 e. The molecule has 3 aromatic carbocycles. The van der Waals surface area contributed by atoms with Gasteiger partial charge in [-0.15, -0.1) is 0 Å². The van der Waals surface area contributed by atoms with Crippen LogP contribution >= 0.6 is 0 Å². The number of rotatable bonds is 9. The Morgan fingerprint density at radius 2 is 1.77 bits per heavy atom. The Labute approximate surface area is 281 Å². The van der Waals surface area contributed by atoms with Crippen molar-refractivity contribution in [3.05, 3.63) is 89.1 Å². The van der Waals surface area contributed by atoms with E-state index in [1.807, 2.05) is 30.3 Å². The van der Waals surface area contributed by atoms with Crippen LogP contribution in [0.5, 0.6) is 6.01 Å². The van der Waals surface area contributed by atoms with E-state index in [9.17, 15) is 14.9 Å².